The van der Waals surface area contributed by atoms with Gasteiger partial charge >= 0.3 is 5.97 Å². The zero-order valence-electron chi connectivity index (χ0n) is 14.5. The number of amides is 1. The monoisotopic (exact) mass is 321 g/mol. The van der Waals surface area contributed by atoms with Crippen LogP contribution in [0.4, 0.5) is 0 Å². The van der Waals surface area contributed by atoms with Crippen LogP contribution in [0.15, 0.2) is 6.20 Å². The summed E-state index contributed by atoms with van der Waals surface area (Å²) in [5.41, 5.74) is 1.54. The Labute approximate surface area is 137 Å². The Morgan fingerprint density at radius 2 is 2.04 bits per heavy atom. The molecule has 1 aromatic heterocycles. The lowest BCUT2D eigenvalue weighted by atomic mass is 9.87. The number of nitrogens with zero attached hydrogens (tertiary/aromatic N) is 3. The van der Waals surface area contributed by atoms with Crippen molar-refractivity contribution in [2.24, 2.45) is 11.8 Å². The predicted octanol–water partition coefficient (Wildman–Crippen LogP) is 2.74. The second-order valence-electron chi connectivity index (χ2n) is 6.52. The van der Waals surface area contributed by atoms with Crippen LogP contribution >= 0.6 is 0 Å². The van der Waals surface area contributed by atoms with Gasteiger partial charge < -0.3 is 10.0 Å². The van der Waals surface area contributed by atoms with Crippen LogP contribution in [0.5, 0.6) is 0 Å². The molecule has 2 unspecified atom stereocenters. The molecule has 23 heavy (non-hydrogen) atoms. The molecule has 0 saturated carbocycles. The first-order valence-corrected chi connectivity index (χ1v) is 8.46. The summed E-state index contributed by atoms with van der Waals surface area (Å²) in [6.07, 6.45) is 4.13. The van der Waals surface area contributed by atoms with Crippen molar-refractivity contribution >= 4 is 11.9 Å². The van der Waals surface area contributed by atoms with Crippen molar-refractivity contribution in [1.82, 2.24) is 14.7 Å². The van der Waals surface area contributed by atoms with E-state index in [2.05, 4.69) is 18.9 Å². The molecule has 6 nitrogen and oxygen atoms in total. The SMILES string of the molecule is CCC(CC)n1ncc(C(=O)N2CCC(C(=O)O)C(C)C2)c1C. The lowest BCUT2D eigenvalue weighted by Gasteiger charge is -2.34. The molecule has 2 atom stereocenters. The van der Waals surface area contributed by atoms with E-state index in [0.717, 1.165) is 18.5 Å². The van der Waals surface area contributed by atoms with E-state index in [1.165, 1.54) is 0 Å². The number of piperidine rings is 1. The molecule has 1 saturated heterocycles. The maximum absolute atomic E-state index is 12.8. The number of carboxylic acid groups (broad SMARTS) is 1. The molecule has 6 heteroatoms. The highest BCUT2D eigenvalue weighted by Gasteiger charge is 2.34. The molecular formula is C17H27N3O3. The molecule has 1 amide bonds. The van der Waals surface area contributed by atoms with Gasteiger partial charge in [-0.1, -0.05) is 20.8 Å². The van der Waals surface area contributed by atoms with Gasteiger partial charge in [0.15, 0.2) is 0 Å². The van der Waals surface area contributed by atoms with Gasteiger partial charge in [0.2, 0.25) is 0 Å². The van der Waals surface area contributed by atoms with Gasteiger partial charge in [-0.15, -0.1) is 0 Å². The van der Waals surface area contributed by atoms with E-state index in [4.69, 9.17) is 0 Å². The first-order valence-electron chi connectivity index (χ1n) is 8.46. The number of carbonyl (C=O) groups excluding carboxylic acids is 1. The average molecular weight is 321 g/mol. The molecule has 2 rings (SSSR count). The smallest absolute Gasteiger partial charge is 0.306 e. The summed E-state index contributed by atoms with van der Waals surface area (Å²) in [5, 5.41) is 13.6. The molecule has 0 spiro atoms. The first kappa shape index (κ1) is 17.5. The van der Waals surface area contributed by atoms with Crippen LogP contribution < -0.4 is 0 Å². The van der Waals surface area contributed by atoms with E-state index >= 15 is 0 Å². The third-order valence-electron chi connectivity index (χ3n) is 5.07. The fourth-order valence-corrected chi connectivity index (χ4v) is 3.50. The van der Waals surface area contributed by atoms with Crippen molar-refractivity contribution in [2.75, 3.05) is 13.1 Å². The Bertz CT molecular complexity index is 578. The molecule has 0 radical (unpaired) electrons. The van der Waals surface area contributed by atoms with Crippen molar-refractivity contribution in [3.05, 3.63) is 17.5 Å². The minimum absolute atomic E-state index is 0.0282. The summed E-state index contributed by atoms with van der Waals surface area (Å²) >= 11 is 0. The molecule has 1 fully saturated rings. The second-order valence-corrected chi connectivity index (χ2v) is 6.52. The highest BCUT2D eigenvalue weighted by atomic mass is 16.4. The maximum Gasteiger partial charge on any atom is 0.306 e. The largest absolute Gasteiger partial charge is 0.481 e. The Kier molecular flexibility index (Phi) is 5.44. The highest BCUT2D eigenvalue weighted by molar-refractivity contribution is 5.95. The summed E-state index contributed by atoms with van der Waals surface area (Å²) in [6, 6.07) is 0.313. The van der Waals surface area contributed by atoms with Gasteiger partial charge in [0, 0.05) is 18.8 Å². The van der Waals surface area contributed by atoms with Gasteiger partial charge in [0.25, 0.3) is 5.91 Å². The third kappa shape index (κ3) is 3.41. The van der Waals surface area contributed by atoms with Crippen molar-refractivity contribution in [3.63, 3.8) is 0 Å². The van der Waals surface area contributed by atoms with Gasteiger partial charge in [0.1, 0.15) is 0 Å². The molecule has 0 aromatic carbocycles. The van der Waals surface area contributed by atoms with Gasteiger partial charge in [-0.05, 0) is 32.1 Å². The zero-order valence-corrected chi connectivity index (χ0v) is 14.5. The van der Waals surface area contributed by atoms with Crippen molar-refractivity contribution < 1.29 is 14.7 Å². The number of aromatic nitrogens is 2. The maximum atomic E-state index is 12.8. The Morgan fingerprint density at radius 1 is 1.39 bits per heavy atom. The van der Waals surface area contributed by atoms with Crippen LogP contribution in [0.3, 0.4) is 0 Å². The summed E-state index contributed by atoms with van der Waals surface area (Å²) in [7, 11) is 0. The van der Waals surface area contributed by atoms with Crippen LogP contribution in [0, 0.1) is 18.8 Å². The first-order chi connectivity index (χ1) is 10.9. The molecular weight excluding hydrogens is 294 g/mol. The summed E-state index contributed by atoms with van der Waals surface area (Å²) in [4.78, 5) is 25.7. The molecule has 128 valence electrons. The summed E-state index contributed by atoms with van der Waals surface area (Å²) < 4.78 is 1.95. The normalized spacial score (nSPS) is 21.7. The summed E-state index contributed by atoms with van der Waals surface area (Å²) in [6.45, 7) is 9.07. The predicted molar refractivity (Wildman–Crippen MR) is 87.4 cm³/mol. The number of carboxylic acids is 1. The van der Waals surface area contributed by atoms with Crippen LogP contribution in [0.1, 0.15) is 62.1 Å². The van der Waals surface area contributed by atoms with Gasteiger partial charge in [-0.2, -0.15) is 5.10 Å². The molecule has 0 bridgehead atoms. The number of rotatable bonds is 5. The highest BCUT2D eigenvalue weighted by Crippen LogP contribution is 2.26. The molecule has 1 aliphatic heterocycles. The van der Waals surface area contributed by atoms with Crippen LogP contribution in [-0.2, 0) is 4.79 Å². The molecule has 1 aromatic rings. The number of aliphatic carboxylic acids is 1. The Hall–Kier alpha value is -1.85. The van der Waals surface area contributed by atoms with Crippen LogP contribution in [0.2, 0.25) is 0 Å². The summed E-state index contributed by atoms with van der Waals surface area (Å²) in [5.74, 6) is -1.18. The minimum atomic E-state index is -0.762. The van der Waals surface area contributed by atoms with Crippen LogP contribution in [-0.4, -0.2) is 44.8 Å². The Morgan fingerprint density at radius 3 is 2.57 bits per heavy atom. The van der Waals surface area contributed by atoms with E-state index in [0.29, 0.717) is 31.1 Å². The molecule has 0 aliphatic carbocycles. The Balaban J connectivity index is 2.14. The van der Waals surface area contributed by atoms with E-state index < -0.39 is 5.97 Å². The number of hydrogen-bond acceptors (Lipinski definition) is 3. The van der Waals surface area contributed by atoms with Crippen molar-refractivity contribution in [2.45, 2.75) is 53.0 Å². The lowest BCUT2D eigenvalue weighted by molar-refractivity contribution is -0.145. The zero-order chi connectivity index (χ0) is 17.1. The quantitative estimate of drug-likeness (QED) is 0.905. The molecule has 1 N–H and O–H groups in total. The molecule has 2 heterocycles. The topological polar surface area (TPSA) is 75.4 Å². The number of likely N-dealkylation sites (tertiary alicyclic amines) is 1. The van der Waals surface area contributed by atoms with Gasteiger partial charge in [-0.3, -0.25) is 14.3 Å². The fourth-order valence-electron chi connectivity index (χ4n) is 3.50. The van der Waals surface area contributed by atoms with Crippen LogP contribution in [0.25, 0.3) is 0 Å². The fraction of sp³-hybridized carbons (Fsp3) is 0.706. The van der Waals surface area contributed by atoms with E-state index in [-0.39, 0.29) is 17.7 Å². The number of carbonyl (C=O) groups is 2. The number of hydrogen-bond donors (Lipinski definition) is 1. The average Bonchev–Trinajstić information content (AvgIpc) is 2.89. The van der Waals surface area contributed by atoms with E-state index in [1.807, 2.05) is 18.5 Å². The second kappa shape index (κ2) is 7.15. The van der Waals surface area contributed by atoms with E-state index in [1.54, 1.807) is 11.1 Å². The lowest BCUT2D eigenvalue weighted by Crippen LogP contribution is -2.45. The van der Waals surface area contributed by atoms with Gasteiger partial charge in [-0.25, -0.2) is 0 Å². The standard InChI is InChI=1S/C17H27N3O3/c1-5-13(6-2)20-12(4)15(9-18-20)16(21)19-8-7-14(17(22)23)11(3)10-19/h9,11,13-14H,5-8,10H2,1-4H3,(H,22,23). The minimum Gasteiger partial charge on any atom is -0.481 e. The molecule has 1 aliphatic rings. The third-order valence-corrected chi connectivity index (χ3v) is 5.07. The van der Waals surface area contributed by atoms with Crippen molar-refractivity contribution in [3.8, 4) is 0 Å². The van der Waals surface area contributed by atoms with Gasteiger partial charge in [0.05, 0.1) is 23.7 Å². The van der Waals surface area contributed by atoms with E-state index in [9.17, 15) is 14.7 Å². The van der Waals surface area contributed by atoms with Crippen molar-refractivity contribution in [1.29, 1.82) is 0 Å².